The molecule has 2 rings (SSSR count). The lowest BCUT2D eigenvalue weighted by molar-refractivity contribution is -0.131. The van der Waals surface area contributed by atoms with Gasteiger partial charge in [0.15, 0.2) is 0 Å². The number of pyridine rings is 1. The van der Waals surface area contributed by atoms with Crippen LogP contribution in [0.15, 0.2) is 53.7 Å². The number of amides is 1. The van der Waals surface area contributed by atoms with Crippen LogP contribution in [-0.4, -0.2) is 41.9 Å². The third-order valence-corrected chi connectivity index (χ3v) is 7.19. The molecule has 2 aromatic rings. The van der Waals surface area contributed by atoms with E-state index in [0.717, 1.165) is 5.56 Å². The van der Waals surface area contributed by atoms with E-state index in [1.165, 1.54) is 36.0 Å². The van der Waals surface area contributed by atoms with Crippen molar-refractivity contribution < 1.29 is 23.2 Å². The third-order valence-electron chi connectivity index (χ3n) is 4.30. The second-order valence-electron chi connectivity index (χ2n) is 6.97. The van der Waals surface area contributed by atoms with E-state index in [2.05, 4.69) is 21.5 Å². The van der Waals surface area contributed by atoms with Crippen LogP contribution in [0.1, 0.15) is 26.3 Å². The van der Waals surface area contributed by atoms with Crippen LogP contribution in [-0.2, 0) is 20.6 Å². The maximum atomic E-state index is 12.9. The molecule has 10 heteroatoms. The fourth-order valence-corrected chi connectivity index (χ4v) is 5.00. The van der Waals surface area contributed by atoms with E-state index in [1.807, 2.05) is 6.07 Å². The van der Waals surface area contributed by atoms with Gasteiger partial charge in [-0.2, -0.15) is 4.72 Å². The van der Waals surface area contributed by atoms with Crippen LogP contribution >= 0.6 is 11.8 Å². The molecule has 0 unspecified atom stereocenters. The Morgan fingerprint density at radius 1 is 1.29 bits per heavy atom. The van der Waals surface area contributed by atoms with Gasteiger partial charge in [0.1, 0.15) is 18.4 Å². The number of ether oxygens (including phenoxy) is 1. The first kappa shape index (κ1) is 24.7. The van der Waals surface area contributed by atoms with Crippen LogP contribution in [0.4, 0.5) is 0 Å². The van der Waals surface area contributed by atoms with Gasteiger partial charge in [-0.05, 0) is 56.7 Å². The zero-order valence-electron chi connectivity index (χ0n) is 17.5. The van der Waals surface area contributed by atoms with Crippen molar-refractivity contribution in [1.82, 2.24) is 15.2 Å². The lowest BCUT2D eigenvalue weighted by atomic mass is 10.0. The summed E-state index contributed by atoms with van der Waals surface area (Å²) in [5.41, 5.74) is 2.48. The number of thioether (sulfide) groups is 1. The van der Waals surface area contributed by atoms with Crippen LogP contribution in [0.2, 0.25) is 0 Å². The normalized spacial score (nSPS) is 12.4. The summed E-state index contributed by atoms with van der Waals surface area (Å²) in [4.78, 5) is 16.3. The molecule has 0 aliphatic carbocycles. The summed E-state index contributed by atoms with van der Waals surface area (Å²) < 4.78 is 32.7. The van der Waals surface area contributed by atoms with Gasteiger partial charge in [-0.15, -0.1) is 17.7 Å². The van der Waals surface area contributed by atoms with Gasteiger partial charge < -0.3 is 4.74 Å². The Labute approximate surface area is 186 Å². The summed E-state index contributed by atoms with van der Waals surface area (Å²) in [7, 11) is -4.05. The minimum atomic E-state index is -4.05. The van der Waals surface area contributed by atoms with E-state index in [1.54, 1.807) is 44.7 Å². The molecule has 0 saturated carbocycles. The monoisotopic (exact) mass is 463 g/mol. The van der Waals surface area contributed by atoms with Gasteiger partial charge in [-0.25, -0.2) is 13.9 Å². The fraction of sp³-hybridized carbons (Fsp3) is 0.333. The summed E-state index contributed by atoms with van der Waals surface area (Å²) >= 11 is 1.36. The first-order valence-electron chi connectivity index (χ1n) is 9.31. The Balaban J connectivity index is 2.17. The molecule has 1 atom stereocenters. The summed E-state index contributed by atoms with van der Waals surface area (Å²) in [5.74, 6) is 5.57. The van der Waals surface area contributed by atoms with Gasteiger partial charge in [0.2, 0.25) is 10.0 Å². The highest BCUT2D eigenvalue weighted by atomic mass is 32.2. The van der Waals surface area contributed by atoms with Gasteiger partial charge in [0.05, 0.1) is 4.90 Å². The number of carbonyl (C=O) groups excluding carboxylic acids is 1. The maximum Gasteiger partial charge on any atom is 0.262 e. The topological polar surface area (TPSA) is 118 Å². The molecule has 0 spiro atoms. The highest BCUT2D eigenvalue weighted by molar-refractivity contribution is 8.00. The Morgan fingerprint density at radius 2 is 2.00 bits per heavy atom. The molecule has 1 heterocycles. The number of aromatic nitrogens is 1. The van der Waals surface area contributed by atoms with Crippen molar-refractivity contribution in [2.24, 2.45) is 0 Å². The SMILES string of the molecule is CC#CCOc1ccc(S(=O)(=O)N[C@@H](C(=O)NO)C(C)(C)SCc2cccnc2)cc1. The summed E-state index contributed by atoms with van der Waals surface area (Å²) in [6, 6.07) is 8.22. The number of hydrogen-bond acceptors (Lipinski definition) is 7. The van der Waals surface area contributed by atoms with E-state index < -0.39 is 26.7 Å². The molecule has 0 radical (unpaired) electrons. The van der Waals surface area contributed by atoms with Crippen molar-refractivity contribution in [2.75, 3.05) is 6.61 Å². The minimum absolute atomic E-state index is 0.0368. The Bertz CT molecular complexity index is 1030. The Morgan fingerprint density at radius 3 is 2.58 bits per heavy atom. The van der Waals surface area contributed by atoms with Crippen LogP contribution in [0, 0.1) is 11.8 Å². The first-order chi connectivity index (χ1) is 14.7. The quantitative estimate of drug-likeness (QED) is 0.281. The van der Waals surface area contributed by atoms with Gasteiger partial charge in [0, 0.05) is 22.9 Å². The molecule has 0 bridgehead atoms. The molecule has 1 amide bonds. The predicted octanol–water partition coefficient (Wildman–Crippen LogP) is 2.35. The van der Waals surface area contributed by atoms with Crippen LogP contribution < -0.4 is 14.9 Å². The molecule has 0 aliphatic rings. The van der Waals surface area contributed by atoms with E-state index in [-0.39, 0.29) is 11.5 Å². The second-order valence-corrected chi connectivity index (χ2v) is 10.3. The third kappa shape index (κ3) is 7.25. The molecule has 31 heavy (non-hydrogen) atoms. The molecule has 3 N–H and O–H groups in total. The molecule has 0 saturated heterocycles. The number of hydrogen-bond donors (Lipinski definition) is 3. The van der Waals surface area contributed by atoms with Gasteiger partial charge in [-0.3, -0.25) is 15.0 Å². The average molecular weight is 464 g/mol. The number of carbonyl (C=O) groups is 1. The van der Waals surface area contributed by atoms with E-state index in [9.17, 15) is 18.4 Å². The standard InChI is InChI=1S/C21H25N3O5S2/c1-4-5-13-29-17-8-10-18(11-9-17)31(27,28)24-19(20(25)23-26)21(2,3)30-15-16-7-6-12-22-14-16/h6-12,14,19,24,26H,13,15H2,1-3H3,(H,23,25)/t19-/m0/s1. The maximum absolute atomic E-state index is 12.9. The number of nitrogens with zero attached hydrogens (tertiary/aromatic N) is 1. The van der Waals surface area contributed by atoms with Crippen molar-refractivity contribution >= 4 is 27.7 Å². The number of sulfonamides is 1. The summed E-state index contributed by atoms with van der Waals surface area (Å²) in [5, 5.41) is 9.18. The minimum Gasteiger partial charge on any atom is -0.481 e. The zero-order chi connectivity index (χ0) is 22.9. The predicted molar refractivity (Wildman–Crippen MR) is 119 cm³/mol. The van der Waals surface area contributed by atoms with Crippen LogP contribution in [0.3, 0.4) is 0 Å². The summed E-state index contributed by atoms with van der Waals surface area (Å²) in [6.45, 7) is 5.34. The van der Waals surface area contributed by atoms with E-state index in [4.69, 9.17) is 4.74 Å². The zero-order valence-corrected chi connectivity index (χ0v) is 19.1. The number of hydroxylamine groups is 1. The van der Waals surface area contributed by atoms with Gasteiger partial charge >= 0.3 is 0 Å². The van der Waals surface area contributed by atoms with Crippen molar-refractivity contribution in [3.05, 3.63) is 54.4 Å². The summed E-state index contributed by atoms with van der Waals surface area (Å²) in [6.07, 6.45) is 3.35. The number of benzene rings is 1. The highest BCUT2D eigenvalue weighted by Crippen LogP contribution is 2.32. The van der Waals surface area contributed by atoms with Crippen molar-refractivity contribution in [1.29, 1.82) is 0 Å². The number of rotatable bonds is 10. The largest absolute Gasteiger partial charge is 0.481 e. The van der Waals surface area contributed by atoms with Crippen molar-refractivity contribution in [2.45, 2.75) is 42.2 Å². The molecule has 166 valence electrons. The molecule has 0 fully saturated rings. The molecule has 8 nitrogen and oxygen atoms in total. The number of nitrogens with one attached hydrogen (secondary N) is 2. The van der Waals surface area contributed by atoms with E-state index >= 15 is 0 Å². The smallest absolute Gasteiger partial charge is 0.262 e. The average Bonchev–Trinajstić information content (AvgIpc) is 2.77. The van der Waals surface area contributed by atoms with Gasteiger partial charge in [-0.1, -0.05) is 12.0 Å². The molecular formula is C21H25N3O5S2. The highest BCUT2D eigenvalue weighted by Gasteiger charge is 2.39. The van der Waals surface area contributed by atoms with Crippen molar-refractivity contribution in [3.63, 3.8) is 0 Å². The lowest BCUT2D eigenvalue weighted by Crippen LogP contribution is -2.55. The first-order valence-corrected chi connectivity index (χ1v) is 11.8. The Kier molecular flexibility index (Phi) is 8.88. The van der Waals surface area contributed by atoms with E-state index in [0.29, 0.717) is 11.5 Å². The second kappa shape index (κ2) is 11.2. The molecule has 0 aliphatic heterocycles. The van der Waals surface area contributed by atoms with Gasteiger partial charge in [0.25, 0.3) is 5.91 Å². The Hall–Kier alpha value is -2.58. The molecule has 1 aromatic heterocycles. The van der Waals surface area contributed by atoms with Crippen LogP contribution in [0.5, 0.6) is 5.75 Å². The van der Waals surface area contributed by atoms with Crippen molar-refractivity contribution in [3.8, 4) is 17.6 Å². The lowest BCUT2D eigenvalue weighted by Gasteiger charge is -2.32. The molecular weight excluding hydrogens is 438 g/mol. The van der Waals surface area contributed by atoms with Crippen LogP contribution in [0.25, 0.3) is 0 Å². The molecule has 1 aromatic carbocycles. The fourth-order valence-electron chi connectivity index (χ4n) is 2.54.